The summed E-state index contributed by atoms with van der Waals surface area (Å²) in [5.41, 5.74) is 8.46. The molecule has 0 spiro atoms. The molecule has 0 aliphatic rings. The number of hydrogen-bond donors (Lipinski definition) is 1. The first-order chi connectivity index (χ1) is 12.2. The lowest BCUT2D eigenvalue weighted by molar-refractivity contribution is -0.124. The standard InChI is InChI=1S/C19H19N5O/c20-19(25)18(17-3-1-2-8-23-17)24(13-15-4-9-21-10-5-15)14-16-6-11-22-12-7-16/h1-12,18H,13-14H2,(H2,20,25). The first kappa shape index (κ1) is 16.7. The quantitative estimate of drug-likeness (QED) is 0.716. The van der Waals surface area contributed by atoms with Crippen LogP contribution in [-0.4, -0.2) is 25.8 Å². The Morgan fingerprint density at radius 1 is 0.880 bits per heavy atom. The van der Waals surface area contributed by atoms with Crippen LogP contribution in [0.2, 0.25) is 0 Å². The summed E-state index contributed by atoms with van der Waals surface area (Å²) in [6, 6.07) is 12.6. The predicted molar refractivity (Wildman–Crippen MR) is 93.9 cm³/mol. The Bertz CT molecular complexity index is 754. The van der Waals surface area contributed by atoms with Crippen molar-refractivity contribution in [1.29, 1.82) is 0 Å². The van der Waals surface area contributed by atoms with Crippen LogP contribution in [0.1, 0.15) is 22.9 Å². The minimum absolute atomic E-state index is 0.429. The highest BCUT2D eigenvalue weighted by molar-refractivity contribution is 5.80. The minimum atomic E-state index is -0.623. The highest BCUT2D eigenvalue weighted by atomic mass is 16.1. The van der Waals surface area contributed by atoms with Gasteiger partial charge in [-0.3, -0.25) is 24.6 Å². The number of hydrogen-bond acceptors (Lipinski definition) is 5. The zero-order chi connectivity index (χ0) is 17.5. The van der Waals surface area contributed by atoms with Gasteiger partial charge in [0.15, 0.2) is 0 Å². The molecule has 6 nitrogen and oxygen atoms in total. The van der Waals surface area contributed by atoms with E-state index in [1.165, 1.54) is 0 Å². The Hall–Kier alpha value is -3.12. The highest BCUT2D eigenvalue weighted by Gasteiger charge is 2.27. The zero-order valence-corrected chi connectivity index (χ0v) is 13.7. The van der Waals surface area contributed by atoms with Gasteiger partial charge in [-0.25, -0.2) is 0 Å². The number of rotatable bonds is 7. The van der Waals surface area contributed by atoms with Crippen molar-refractivity contribution in [1.82, 2.24) is 19.9 Å². The van der Waals surface area contributed by atoms with Crippen molar-refractivity contribution in [3.63, 3.8) is 0 Å². The van der Waals surface area contributed by atoms with Crippen LogP contribution >= 0.6 is 0 Å². The molecule has 0 bridgehead atoms. The van der Waals surface area contributed by atoms with E-state index in [4.69, 9.17) is 5.73 Å². The number of nitrogens with two attached hydrogens (primary N) is 1. The maximum absolute atomic E-state index is 12.2. The molecular weight excluding hydrogens is 314 g/mol. The second-order valence-corrected chi connectivity index (χ2v) is 5.68. The molecule has 3 aromatic heterocycles. The second kappa shape index (κ2) is 8.12. The summed E-state index contributed by atoms with van der Waals surface area (Å²) < 4.78 is 0. The van der Waals surface area contributed by atoms with Gasteiger partial charge in [-0.05, 0) is 47.5 Å². The van der Waals surface area contributed by atoms with Gasteiger partial charge in [0, 0.05) is 44.1 Å². The van der Waals surface area contributed by atoms with Crippen LogP contribution in [0.15, 0.2) is 73.4 Å². The highest BCUT2D eigenvalue weighted by Crippen LogP contribution is 2.23. The SMILES string of the molecule is NC(=O)C(c1ccccn1)N(Cc1ccncc1)Cc1ccncc1. The molecule has 25 heavy (non-hydrogen) atoms. The fourth-order valence-electron chi connectivity index (χ4n) is 2.73. The van der Waals surface area contributed by atoms with Crippen molar-refractivity contribution in [3.05, 3.63) is 90.3 Å². The fraction of sp³-hybridized carbons (Fsp3) is 0.158. The lowest BCUT2D eigenvalue weighted by Crippen LogP contribution is -2.37. The summed E-state index contributed by atoms with van der Waals surface area (Å²) in [5.74, 6) is -0.429. The number of amides is 1. The van der Waals surface area contributed by atoms with E-state index in [2.05, 4.69) is 15.0 Å². The molecule has 2 N–H and O–H groups in total. The Morgan fingerprint density at radius 2 is 1.44 bits per heavy atom. The molecule has 0 aromatic carbocycles. The van der Waals surface area contributed by atoms with Crippen LogP contribution < -0.4 is 5.73 Å². The maximum atomic E-state index is 12.2. The summed E-state index contributed by atoms with van der Waals surface area (Å²) in [4.78, 5) is 26.7. The Labute approximate surface area is 146 Å². The summed E-state index contributed by atoms with van der Waals surface area (Å²) in [7, 11) is 0. The molecule has 0 saturated carbocycles. The van der Waals surface area contributed by atoms with E-state index in [1.54, 1.807) is 31.0 Å². The third kappa shape index (κ3) is 4.45. The van der Waals surface area contributed by atoms with Gasteiger partial charge in [0.1, 0.15) is 6.04 Å². The van der Waals surface area contributed by atoms with E-state index in [0.717, 1.165) is 11.1 Å². The summed E-state index contributed by atoms with van der Waals surface area (Å²) in [6.45, 7) is 1.10. The van der Waals surface area contributed by atoms with E-state index < -0.39 is 11.9 Å². The molecule has 1 amide bonds. The van der Waals surface area contributed by atoms with Crippen molar-refractivity contribution >= 4 is 5.91 Å². The van der Waals surface area contributed by atoms with Crippen LogP contribution in [0.25, 0.3) is 0 Å². The predicted octanol–water partition coefficient (Wildman–Crippen LogP) is 2.10. The van der Waals surface area contributed by atoms with Crippen molar-refractivity contribution in [2.24, 2.45) is 5.73 Å². The largest absolute Gasteiger partial charge is 0.368 e. The van der Waals surface area contributed by atoms with Crippen LogP contribution in [0, 0.1) is 0 Å². The zero-order valence-electron chi connectivity index (χ0n) is 13.7. The molecule has 126 valence electrons. The Kier molecular flexibility index (Phi) is 5.43. The first-order valence-electron chi connectivity index (χ1n) is 7.96. The normalized spacial score (nSPS) is 12.0. The van der Waals surface area contributed by atoms with Crippen LogP contribution in [0.5, 0.6) is 0 Å². The molecule has 0 radical (unpaired) electrons. The summed E-state index contributed by atoms with van der Waals surface area (Å²) in [5, 5.41) is 0. The Morgan fingerprint density at radius 3 is 1.88 bits per heavy atom. The maximum Gasteiger partial charge on any atom is 0.241 e. The van der Waals surface area contributed by atoms with Crippen LogP contribution in [-0.2, 0) is 17.9 Å². The molecule has 1 atom stereocenters. The van der Waals surface area contributed by atoms with Crippen LogP contribution in [0.3, 0.4) is 0 Å². The van der Waals surface area contributed by atoms with Gasteiger partial charge in [0.05, 0.1) is 5.69 Å². The van der Waals surface area contributed by atoms with Crippen molar-refractivity contribution in [2.75, 3.05) is 0 Å². The van der Waals surface area contributed by atoms with Gasteiger partial charge >= 0.3 is 0 Å². The third-order valence-electron chi connectivity index (χ3n) is 3.87. The van der Waals surface area contributed by atoms with E-state index in [9.17, 15) is 4.79 Å². The van der Waals surface area contributed by atoms with Crippen molar-refractivity contribution in [3.8, 4) is 0 Å². The van der Waals surface area contributed by atoms with E-state index in [0.29, 0.717) is 18.8 Å². The molecule has 0 aliphatic heterocycles. The molecule has 6 heteroatoms. The number of aromatic nitrogens is 3. The molecule has 3 aromatic rings. The van der Waals surface area contributed by atoms with E-state index in [-0.39, 0.29) is 0 Å². The first-order valence-corrected chi connectivity index (χ1v) is 7.96. The van der Waals surface area contributed by atoms with Gasteiger partial charge in [-0.1, -0.05) is 6.07 Å². The van der Waals surface area contributed by atoms with E-state index >= 15 is 0 Å². The van der Waals surface area contributed by atoms with Gasteiger partial charge in [0.2, 0.25) is 5.91 Å². The Balaban J connectivity index is 1.94. The number of carbonyl (C=O) groups excluding carboxylic acids is 1. The topological polar surface area (TPSA) is 85.0 Å². The second-order valence-electron chi connectivity index (χ2n) is 5.68. The molecule has 0 aliphatic carbocycles. The number of primary amides is 1. The minimum Gasteiger partial charge on any atom is -0.368 e. The molecule has 3 rings (SSSR count). The number of carbonyl (C=O) groups is 1. The molecular formula is C19H19N5O. The van der Waals surface area contributed by atoms with Crippen molar-refractivity contribution < 1.29 is 4.79 Å². The summed E-state index contributed by atoms with van der Waals surface area (Å²) in [6.07, 6.45) is 8.61. The smallest absolute Gasteiger partial charge is 0.241 e. The van der Waals surface area contributed by atoms with Crippen molar-refractivity contribution in [2.45, 2.75) is 19.1 Å². The van der Waals surface area contributed by atoms with Gasteiger partial charge in [-0.15, -0.1) is 0 Å². The lowest BCUT2D eigenvalue weighted by Gasteiger charge is -2.29. The van der Waals surface area contributed by atoms with Gasteiger partial charge in [0.25, 0.3) is 0 Å². The molecule has 3 heterocycles. The number of pyridine rings is 3. The van der Waals surface area contributed by atoms with Gasteiger partial charge in [-0.2, -0.15) is 0 Å². The molecule has 0 fully saturated rings. The van der Waals surface area contributed by atoms with Gasteiger partial charge < -0.3 is 5.73 Å². The molecule has 0 saturated heterocycles. The lowest BCUT2D eigenvalue weighted by atomic mass is 10.1. The monoisotopic (exact) mass is 333 g/mol. The molecule has 1 unspecified atom stereocenters. The fourth-order valence-corrected chi connectivity index (χ4v) is 2.73. The van der Waals surface area contributed by atoms with Crippen LogP contribution in [0.4, 0.5) is 0 Å². The van der Waals surface area contributed by atoms with E-state index in [1.807, 2.05) is 47.4 Å². The number of nitrogens with zero attached hydrogens (tertiary/aromatic N) is 4. The average molecular weight is 333 g/mol. The average Bonchev–Trinajstić information content (AvgIpc) is 2.64. The third-order valence-corrected chi connectivity index (χ3v) is 3.87. The summed E-state index contributed by atoms with van der Waals surface area (Å²) >= 11 is 0.